The lowest BCUT2D eigenvalue weighted by Gasteiger charge is -2.42. The van der Waals surface area contributed by atoms with E-state index < -0.39 is 11.4 Å². The Morgan fingerprint density at radius 2 is 1.89 bits per heavy atom. The number of nitrogens with zero attached hydrogens (tertiary/aromatic N) is 6. The maximum Gasteiger partial charge on any atom is 0.410 e. The van der Waals surface area contributed by atoms with Crippen LogP contribution in [-0.2, 0) is 9.47 Å². The summed E-state index contributed by atoms with van der Waals surface area (Å²) in [6, 6.07) is 8.99. The van der Waals surface area contributed by atoms with Gasteiger partial charge in [-0.3, -0.25) is 14.8 Å². The quantitative estimate of drug-likeness (QED) is 0.187. The van der Waals surface area contributed by atoms with E-state index >= 15 is 4.39 Å². The summed E-state index contributed by atoms with van der Waals surface area (Å²) in [5.74, 6) is 0.337. The third kappa shape index (κ3) is 6.59. The molecule has 6 heterocycles. The normalized spacial score (nSPS) is 24.3. The number of halogens is 2. The number of fused-ring (bicyclic) bond motifs is 5. The first-order valence-electron chi connectivity index (χ1n) is 18.5. The van der Waals surface area contributed by atoms with Gasteiger partial charge in [0.1, 0.15) is 35.0 Å². The van der Waals surface area contributed by atoms with Gasteiger partial charge in [-0.05, 0) is 89.4 Å². The lowest BCUT2D eigenvalue weighted by Crippen LogP contribution is -2.57. The second kappa shape index (κ2) is 14.0. The Morgan fingerprint density at radius 1 is 1.09 bits per heavy atom. The van der Waals surface area contributed by atoms with Gasteiger partial charge in [0.25, 0.3) is 0 Å². The number of carbonyl (C=O) groups excluding carboxylic acids is 1. The first-order chi connectivity index (χ1) is 25.5. The van der Waals surface area contributed by atoms with Gasteiger partial charge in [-0.2, -0.15) is 9.97 Å². The van der Waals surface area contributed by atoms with Gasteiger partial charge in [0, 0.05) is 48.4 Å². The lowest BCUT2D eigenvalue weighted by molar-refractivity contribution is 0.0122. The summed E-state index contributed by atoms with van der Waals surface area (Å²) in [5.41, 5.74) is -0.261. The Hall–Kier alpha value is -4.04. The van der Waals surface area contributed by atoms with Crippen molar-refractivity contribution in [2.45, 2.75) is 88.6 Å². The topological polar surface area (TPSA) is 123 Å². The van der Waals surface area contributed by atoms with E-state index in [1.54, 1.807) is 18.3 Å². The van der Waals surface area contributed by atoms with Crippen LogP contribution >= 0.6 is 11.6 Å². The summed E-state index contributed by atoms with van der Waals surface area (Å²) in [6.07, 6.45) is 6.68. The van der Waals surface area contributed by atoms with Crippen LogP contribution in [0.4, 0.5) is 15.0 Å². The number of rotatable bonds is 9. The molecular weight excluding hydrogens is 703 g/mol. The summed E-state index contributed by atoms with van der Waals surface area (Å²) >= 11 is 6.74. The fraction of sp³-hybridized carbons (Fsp3) is 0.538. The molecule has 0 unspecified atom stereocenters. The Bertz CT molecular complexity index is 2030. The highest BCUT2D eigenvalue weighted by Crippen LogP contribution is 2.44. The number of aromatic nitrogens is 3. The third-order valence-electron chi connectivity index (χ3n) is 11.2. The fourth-order valence-corrected chi connectivity index (χ4v) is 9.24. The molecule has 2 bridgehead atoms. The van der Waals surface area contributed by atoms with Crippen LogP contribution in [0.3, 0.4) is 0 Å². The van der Waals surface area contributed by atoms with Crippen LogP contribution in [0.5, 0.6) is 11.8 Å². The van der Waals surface area contributed by atoms with E-state index in [0.29, 0.717) is 52.6 Å². The zero-order chi connectivity index (χ0) is 37.1. The van der Waals surface area contributed by atoms with E-state index in [9.17, 15) is 9.90 Å². The predicted octanol–water partition coefficient (Wildman–Crippen LogP) is 6.58. The number of amides is 1. The van der Waals surface area contributed by atoms with E-state index in [1.807, 2.05) is 43.9 Å². The first kappa shape index (κ1) is 36.0. The number of hydrogen-bond acceptors (Lipinski definition) is 11. The molecule has 12 nitrogen and oxygen atoms in total. The number of aliphatic hydroxyl groups is 1. The van der Waals surface area contributed by atoms with Gasteiger partial charge in [-0.15, -0.1) is 0 Å². The smallest absolute Gasteiger partial charge is 0.410 e. The van der Waals surface area contributed by atoms with E-state index in [-0.39, 0.29) is 60.4 Å². The number of carbonyl (C=O) groups is 1. The second-order valence-corrected chi connectivity index (χ2v) is 16.1. The van der Waals surface area contributed by atoms with Crippen LogP contribution in [0.15, 0.2) is 36.5 Å². The molecule has 1 N–H and O–H groups in total. The van der Waals surface area contributed by atoms with Crippen molar-refractivity contribution in [3.8, 4) is 23.0 Å². The minimum absolute atomic E-state index is 0.0115. The Labute approximate surface area is 313 Å². The molecule has 282 valence electrons. The largest absolute Gasteiger partial charge is 0.468 e. The number of hydrogen-bond donors (Lipinski definition) is 1. The molecule has 8 rings (SSSR count). The highest BCUT2D eigenvalue weighted by molar-refractivity contribution is 6.36. The van der Waals surface area contributed by atoms with Crippen molar-refractivity contribution in [3.63, 3.8) is 0 Å². The number of aliphatic hydroxyl groups excluding tert-OH is 1. The maximum atomic E-state index is 17.2. The van der Waals surface area contributed by atoms with Crippen LogP contribution in [-0.4, -0.2) is 112 Å². The zero-order valence-electron chi connectivity index (χ0n) is 30.6. The molecule has 2 aromatic heterocycles. The molecule has 0 radical (unpaired) electrons. The molecule has 4 aliphatic rings. The SMILES string of the molecule is COCOc1cc(-c2ncc3c(N4C[C@H]5CC[C@@H](C4)N5C(=O)OC(C)(C)C)nc(OC[C@]45CCCN4[C@H](CO)CC5)nc3c2F)c2c(Cl)cccc2c1. The van der Waals surface area contributed by atoms with Crippen LogP contribution < -0.4 is 14.4 Å². The number of anilines is 1. The van der Waals surface area contributed by atoms with Crippen molar-refractivity contribution in [3.05, 3.63) is 47.4 Å². The Morgan fingerprint density at radius 3 is 2.62 bits per heavy atom. The van der Waals surface area contributed by atoms with Gasteiger partial charge < -0.3 is 29.0 Å². The molecule has 14 heteroatoms. The number of ether oxygens (including phenoxy) is 4. The van der Waals surface area contributed by atoms with Crippen molar-refractivity contribution in [2.24, 2.45) is 0 Å². The molecule has 4 atom stereocenters. The molecular formula is C39H46ClFN6O6. The summed E-state index contributed by atoms with van der Waals surface area (Å²) < 4.78 is 40.4. The highest BCUT2D eigenvalue weighted by atomic mass is 35.5. The Balaban J connectivity index is 1.21. The molecule has 0 aliphatic carbocycles. The minimum Gasteiger partial charge on any atom is -0.468 e. The van der Waals surface area contributed by atoms with Crippen LogP contribution in [0, 0.1) is 5.82 Å². The predicted molar refractivity (Wildman–Crippen MR) is 199 cm³/mol. The number of benzene rings is 2. The van der Waals surface area contributed by atoms with Gasteiger partial charge in [-0.1, -0.05) is 23.7 Å². The van der Waals surface area contributed by atoms with Crippen molar-refractivity contribution in [1.82, 2.24) is 24.8 Å². The first-order valence-corrected chi connectivity index (χ1v) is 18.8. The lowest BCUT2D eigenvalue weighted by atomic mass is 9.95. The molecule has 53 heavy (non-hydrogen) atoms. The third-order valence-corrected chi connectivity index (χ3v) is 11.6. The van der Waals surface area contributed by atoms with Crippen molar-refractivity contribution in [2.75, 3.05) is 51.7 Å². The van der Waals surface area contributed by atoms with E-state index in [4.69, 9.17) is 45.5 Å². The van der Waals surface area contributed by atoms with Crippen molar-refractivity contribution < 1.29 is 33.2 Å². The average Bonchev–Trinajstić information content (AvgIpc) is 3.78. The summed E-state index contributed by atoms with van der Waals surface area (Å²) in [5, 5.41) is 12.3. The molecule has 4 fully saturated rings. The number of piperazine rings is 1. The van der Waals surface area contributed by atoms with Crippen LogP contribution in [0.2, 0.25) is 5.02 Å². The fourth-order valence-electron chi connectivity index (χ4n) is 8.96. The van der Waals surface area contributed by atoms with Gasteiger partial charge in [0.15, 0.2) is 12.6 Å². The van der Waals surface area contributed by atoms with Gasteiger partial charge in [-0.25, -0.2) is 9.18 Å². The number of pyridine rings is 1. The van der Waals surface area contributed by atoms with Crippen molar-refractivity contribution in [1.29, 1.82) is 0 Å². The average molecular weight is 749 g/mol. The Kier molecular flexibility index (Phi) is 9.49. The summed E-state index contributed by atoms with van der Waals surface area (Å²) in [4.78, 5) is 34.0. The van der Waals surface area contributed by atoms with E-state index in [1.165, 1.54) is 7.11 Å². The zero-order valence-corrected chi connectivity index (χ0v) is 31.4. The second-order valence-electron chi connectivity index (χ2n) is 15.7. The van der Waals surface area contributed by atoms with Crippen LogP contribution in [0.25, 0.3) is 32.9 Å². The molecule has 1 amide bonds. The van der Waals surface area contributed by atoms with Gasteiger partial charge in [0.05, 0.1) is 29.6 Å². The highest BCUT2D eigenvalue weighted by Gasteiger charge is 2.50. The van der Waals surface area contributed by atoms with E-state index in [2.05, 4.69) is 9.80 Å². The molecule has 4 aliphatic heterocycles. The molecule has 4 aromatic rings. The monoisotopic (exact) mass is 748 g/mol. The summed E-state index contributed by atoms with van der Waals surface area (Å²) in [6.45, 7) is 7.92. The minimum atomic E-state index is -0.640. The number of methoxy groups -OCH3 is 1. The van der Waals surface area contributed by atoms with Gasteiger partial charge >= 0.3 is 12.1 Å². The maximum absolute atomic E-state index is 17.2. The molecule has 0 spiro atoms. The van der Waals surface area contributed by atoms with Gasteiger partial charge in [0.2, 0.25) is 0 Å². The summed E-state index contributed by atoms with van der Waals surface area (Å²) in [7, 11) is 1.53. The standard InChI is InChI=1S/C39H46ClFN6O6/c1-38(2,3)53-37(49)47-24-9-10-25(47)19-45(18-24)35-29-17-42-33(28-16-27(52-22-50-4)15-23-7-5-8-30(40)31(23)28)32(41)34(29)43-36(44-35)51-21-39-12-6-14-46(39)26(20-48)11-13-39/h5,7-8,15-17,24-26,48H,6,9-14,18-22H2,1-4H3/t24-,25+,26-,39+/m0/s1. The molecule has 2 aromatic carbocycles. The molecule has 4 saturated heterocycles. The van der Waals surface area contributed by atoms with Crippen molar-refractivity contribution >= 4 is 45.2 Å². The van der Waals surface area contributed by atoms with E-state index in [0.717, 1.165) is 50.5 Å². The van der Waals surface area contributed by atoms with Crippen LogP contribution in [0.1, 0.15) is 59.3 Å². The molecule has 0 saturated carbocycles.